The molecule has 0 saturated heterocycles. The highest BCUT2D eigenvalue weighted by atomic mass is 16.1. The molecule has 0 aliphatic rings. The molecule has 0 amide bonds. The molecule has 4 heteroatoms. The van der Waals surface area contributed by atoms with Crippen molar-refractivity contribution in [2.45, 2.75) is 26.8 Å². The number of aryl methyl sites for hydroxylation is 2. The number of aromatic nitrogens is 2. The summed E-state index contributed by atoms with van der Waals surface area (Å²) < 4.78 is 1.58. The van der Waals surface area contributed by atoms with Gasteiger partial charge in [0.25, 0.3) is 0 Å². The highest BCUT2D eigenvalue weighted by Gasteiger charge is 2.23. The molecule has 1 rings (SSSR count). The van der Waals surface area contributed by atoms with Gasteiger partial charge in [-0.25, -0.2) is 0 Å². The average molecular weight is 195 g/mol. The second kappa shape index (κ2) is 3.92. The number of ketones is 1. The number of rotatable bonds is 3. The van der Waals surface area contributed by atoms with E-state index < -0.39 is 6.04 Å². The Balaban J connectivity index is 3.00. The number of nitrogens with zero attached hydrogens (tertiary/aromatic N) is 2. The van der Waals surface area contributed by atoms with E-state index in [9.17, 15) is 4.79 Å². The van der Waals surface area contributed by atoms with Crippen LogP contribution in [0.1, 0.15) is 29.9 Å². The molecule has 0 radical (unpaired) electrons. The van der Waals surface area contributed by atoms with Gasteiger partial charge < -0.3 is 5.73 Å². The Morgan fingerprint density at radius 1 is 1.57 bits per heavy atom. The molecule has 0 spiro atoms. The van der Waals surface area contributed by atoms with Crippen LogP contribution in [0.4, 0.5) is 0 Å². The lowest BCUT2D eigenvalue weighted by molar-refractivity contribution is 0.0930. The van der Waals surface area contributed by atoms with Gasteiger partial charge in [-0.05, 0) is 18.4 Å². The molecule has 1 aromatic heterocycles. The van der Waals surface area contributed by atoms with Gasteiger partial charge in [-0.2, -0.15) is 5.10 Å². The summed E-state index contributed by atoms with van der Waals surface area (Å²) in [6.45, 7) is 5.75. The maximum Gasteiger partial charge on any atom is 0.197 e. The fourth-order valence-corrected chi connectivity index (χ4v) is 1.36. The van der Waals surface area contributed by atoms with Crippen molar-refractivity contribution in [3.8, 4) is 0 Å². The van der Waals surface area contributed by atoms with Crippen LogP contribution in [0.2, 0.25) is 0 Å². The number of nitrogens with two attached hydrogens (primary N) is 1. The number of Topliss-reactive ketones (excluding diaryl/α,β-unsaturated/α-hetero) is 1. The highest BCUT2D eigenvalue weighted by Crippen LogP contribution is 2.11. The Morgan fingerprint density at radius 2 is 2.14 bits per heavy atom. The Bertz CT molecular complexity index is 322. The van der Waals surface area contributed by atoms with Crippen molar-refractivity contribution in [2.75, 3.05) is 0 Å². The van der Waals surface area contributed by atoms with Gasteiger partial charge in [0.1, 0.15) is 5.69 Å². The number of carbonyl (C=O) groups excluding carboxylic acids is 1. The van der Waals surface area contributed by atoms with Crippen molar-refractivity contribution in [1.29, 1.82) is 0 Å². The molecule has 1 heterocycles. The molecule has 0 saturated carbocycles. The van der Waals surface area contributed by atoms with Gasteiger partial charge in [-0.3, -0.25) is 9.48 Å². The third kappa shape index (κ3) is 1.85. The minimum absolute atomic E-state index is 0.0301. The summed E-state index contributed by atoms with van der Waals surface area (Å²) in [5, 5.41) is 4.02. The van der Waals surface area contributed by atoms with Crippen molar-refractivity contribution >= 4 is 5.78 Å². The summed E-state index contributed by atoms with van der Waals surface area (Å²) in [6.07, 6.45) is 1.68. The van der Waals surface area contributed by atoms with E-state index in [-0.39, 0.29) is 11.7 Å². The van der Waals surface area contributed by atoms with Gasteiger partial charge in [0.05, 0.1) is 12.2 Å². The van der Waals surface area contributed by atoms with Crippen molar-refractivity contribution in [2.24, 2.45) is 18.7 Å². The van der Waals surface area contributed by atoms with Gasteiger partial charge in [-0.15, -0.1) is 0 Å². The van der Waals surface area contributed by atoms with Crippen LogP contribution in [0.3, 0.4) is 0 Å². The van der Waals surface area contributed by atoms with E-state index in [2.05, 4.69) is 5.10 Å². The maximum atomic E-state index is 11.9. The fourth-order valence-electron chi connectivity index (χ4n) is 1.36. The molecule has 0 aliphatic heterocycles. The molecular formula is C10H17N3O. The van der Waals surface area contributed by atoms with Gasteiger partial charge in [0, 0.05) is 7.05 Å². The third-order valence-electron chi connectivity index (χ3n) is 2.38. The van der Waals surface area contributed by atoms with E-state index in [1.807, 2.05) is 20.8 Å². The molecule has 1 aromatic rings. The van der Waals surface area contributed by atoms with Gasteiger partial charge in [-0.1, -0.05) is 13.8 Å². The highest BCUT2D eigenvalue weighted by molar-refractivity contribution is 5.99. The molecule has 0 bridgehead atoms. The summed E-state index contributed by atoms with van der Waals surface area (Å²) in [5.74, 6) is 0.120. The molecule has 14 heavy (non-hydrogen) atoms. The zero-order valence-corrected chi connectivity index (χ0v) is 9.11. The zero-order valence-electron chi connectivity index (χ0n) is 9.11. The van der Waals surface area contributed by atoms with Crippen LogP contribution in [0.5, 0.6) is 0 Å². The summed E-state index contributed by atoms with van der Waals surface area (Å²) in [6, 6.07) is -0.441. The normalized spacial score (nSPS) is 13.3. The van der Waals surface area contributed by atoms with Crippen LogP contribution < -0.4 is 5.73 Å². The van der Waals surface area contributed by atoms with E-state index in [1.165, 1.54) is 0 Å². The van der Waals surface area contributed by atoms with E-state index in [0.29, 0.717) is 5.69 Å². The first kappa shape index (κ1) is 10.9. The van der Waals surface area contributed by atoms with Crippen LogP contribution in [-0.4, -0.2) is 21.6 Å². The Labute approximate surface area is 84.1 Å². The predicted octanol–water partition coefficient (Wildman–Crippen LogP) is 0.895. The minimum atomic E-state index is -0.441. The molecular weight excluding hydrogens is 178 g/mol. The molecule has 2 N–H and O–H groups in total. The van der Waals surface area contributed by atoms with Crippen molar-refractivity contribution in [1.82, 2.24) is 9.78 Å². The molecule has 0 unspecified atom stereocenters. The summed E-state index contributed by atoms with van der Waals surface area (Å²) in [7, 11) is 1.76. The second-order valence-electron chi connectivity index (χ2n) is 3.93. The SMILES string of the molecule is Cc1cnn(C)c1C(=O)[C@@H](N)C(C)C. The number of hydrogen-bond donors (Lipinski definition) is 1. The first-order valence-corrected chi connectivity index (χ1v) is 4.73. The number of hydrogen-bond acceptors (Lipinski definition) is 3. The Kier molecular flexibility index (Phi) is 3.06. The summed E-state index contributed by atoms with van der Waals surface area (Å²) in [5.41, 5.74) is 7.30. The average Bonchev–Trinajstić information content (AvgIpc) is 2.44. The van der Waals surface area contributed by atoms with Crippen LogP contribution in [-0.2, 0) is 7.05 Å². The molecule has 0 aliphatic carbocycles. The summed E-state index contributed by atoms with van der Waals surface area (Å²) in [4.78, 5) is 11.9. The standard InChI is InChI=1S/C10H17N3O/c1-6(2)8(11)10(14)9-7(3)5-12-13(9)4/h5-6,8H,11H2,1-4H3/t8-/m0/s1. The lowest BCUT2D eigenvalue weighted by Gasteiger charge is -2.14. The quantitative estimate of drug-likeness (QED) is 0.729. The largest absolute Gasteiger partial charge is 0.321 e. The van der Waals surface area contributed by atoms with Crippen LogP contribution in [0.15, 0.2) is 6.20 Å². The van der Waals surface area contributed by atoms with E-state index in [1.54, 1.807) is 17.9 Å². The fraction of sp³-hybridized carbons (Fsp3) is 0.600. The Hall–Kier alpha value is -1.16. The van der Waals surface area contributed by atoms with E-state index >= 15 is 0 Å². The topological polar surface area (TPSA) is 60.9 Å². The van der Waals surface area contributed by atoms with Crippen molar-refractivity contribution in [3.05, 3.63) is 17.5 Å². The third-order valence-corrected chi connectivity index (χ3v) is 2.38. The van der Waals surface area contributed by atoms with Crippen molar-refractivity contribution in [3.63, 3.8) is 0 Å². The lowest BCUT2D eigenvalue weighted by Crippen LogP contribution is -2.36. The van der Waals surface area contributed by atoms with E-state index in [4.69, 9.17) is 5.73 Å². The monoisotopic (exact) mass is 195 g/mol. The van der Waals surface area contributed by atoms with Crippen LogP contribution in [0.25, 0.3) is 0 Å². The van der Waals surface area contributed by atoms with E-state index in [0.717, 1.165) is 5.56 Å². The smallest absolute Gasteiger partial charge is 0.197 e. The molecule has 0 fully saturated rings. The minimum Gasteiger partial charge on any atom is -0.321 e. The van der Waals surface area contributed by atoms with Crippen LogP contribution >= 0.6 is 0 Å². The van der Waals surface area contributed by atoms with Crippen molar-refractivity contribution < 1.29 is 4.79 Å². The summed E-state index contributed by atoms with van der Waals surface area (Å²) >= 11 is 0. The van der Waals surface area contributed by atoms with Gasteiger partial charge in [0.15, 0.2) is 5.78 Å². The second-order valence-corrected chi connectivity index (χ2v) is 3.93. The molecule has 0 aromatic carbocycles. The molecule has 78 valence electrons. The Morgan fingerprint density at radius 3 is 2.50 bits per heavy atom. The molecule has 4 nitrogen and oxygen atoms in total. The predicted molar refractivity (Wildman–Crippen MR) is 55.1 cm³/mol. The lowest BCUT2D eigenvalue weighted by atomic mass is 9.97. The van der Waals surface area contributed by atoms with Gasteiger partial charge in [0.2, 0.25) is 0 Å². The molecule has 1 atom stereocenters. The van der Waals surface area contributed by atoms with Crippen LogP contribution in [0, 0.1) is 12.8 Å². The zero-order chi connectivity index (χ0) is 10.9. The maximum absolute atomic E-state index is 11.9. The first-order valence-electron chi connectivity index (χ1n) is 4.73. The van der Waals surface area contributed by atoms with Gasteiger partial charge >= 0.3 is 0 Å². The number of carbonyl (C=O) groups is 1. The first-order chi connectivity index (χ1) is 6.45.